The molecule has 5 heteroatoms. The Morgan fingerprint density at radius 3 is 2.30 bits per heavy atom. The lowest BCUT2D eigenvalue weighted by Gasteiger charge is -2.13. The van der Waals surface area contributed by atoms with Crippen molar-refractivity contribution in [1.29, 1.82) is 0 Å². The van der Waals surface area contributed by atoms with E-state index >= 15 is 0 Å². The van der Waals surface area contributed by atoms with Gasteiger partial charge in [0, 0.05) is 17.3 Å². The Kier molecular flexibility index (Phi) is 5.91. The maximum atomic E-state index is 12.1. The smallest absolute Gasteiger partial charge is 0.254 e. The molecule has 136 valence electrons. The van der Waals surface area contributed by atoms with E-state index in [0.717, 1.165) is 22.4 Å². The average molecular weight is 359 g/mol. The van der Waals surface area contributed by atoms with Crippen LogP contribution in [-0.4, -0.2) is 22.7 Å². The second-order valence-corrected chi connectivity index (χ2v) is 6.01. The summed E-state index contributed by atoms with van der Waals surface area (Å²) in [6.07, 6.45) is 3.07. The molecular weight excluding hydrogens is 338 g/mol. The quantitative estimate of drug-likeness (QED) is 0.683. The van der Waals surface area contributed by atoms with Gasteiger partial charge in [0.1, 0.15) is 5.75 Å². The van der Waals surface area contributed by atoms with E-state index in [9.17, 15) is 4.79 Å². The van der Waals surface area contributed by atoms with Gasteiger partial charge in [-0.05, 0) is 55.8 Å². The summed E-state index contributed by atoms with van der Waals surface area (Å²) in [7, 11) is 0. The fraction of sp³-hybridized carbons (Fsp3) is 0.182. The summed E-state index contributed by atoms with van der Waals surface area (Å²) in [5.41, 5.74) is 3.38. The molecule has 0 aliphatic heterocycles. The summed E-state index contributed by atoms with van der Waals surface area (Å²) in [5.74, 6) is 6.98. The van der Waals surface area contributed by atoms with Gasteiger partial charge < -0.3 is 10.1 Å². The largest absolute Gasteiger partial charge is 0.494 e. The molecule has 0 saturated carbocycles. The first-order valence-corrected chi connectivity index (χ1v) is 8.80. The first-order chi connectivity index (χ1) is 13.2. The zero-order valence-electron chi connectivity index (χ0n) is 15.3. The van der Waals surface area contributed by atoms with Crippen molar-refractivity contribution in [3.8, 4) is 17.6 Å². The van der Waals surface area contributed by atoms with Crippen LogP contribution < -0.4 is 10.1 Å². The van der Waals surface area contributed by atoms with Crippen molar-refractivity contribution in [3.63, 3.8) is 0 Å². The molecule has 3 aromatic rings. The van der Waals surface area contributed by atoms with Gasteiger partial charge >= 0.3 is 0 Å². The molecule has 3 rings (SSSR count). The Labute approximate surface area is 158 Å². The number of amides is 1. The highest BCUT2D eigenvalue weighted by molar-refractivity contribution is 5.93. The maximum Gasteiger partial charge on any atom is 0.254 e. The molecule has 0 radical (unpaired) electrons. The summed E-state index contributed by atoms with van der Waals surface area (Å²) in [6.45, 7) is 4.55. The number of rotatable bonds is 5. The van der Waals surface area contributed by atoms with E-state index in [1.54, 1.807) is 6.20 Å². The standard InChI is InChI=1S/C22H21N3O2/c1-3-27-21-12-8-18(9-13-21)5-4-17-6-10-19(11-7-17)16(2)25-22(26)20-14-23-24-15-20/h6-16H,3H2,1-2H3,(H,23,24)(H,25,26). The SMILES string of the molecule is CCOc1ccc(C#Cc2ccc(C(C)NC(=O)c3cn[nH]c3)cc2)cc1. The number of carbonyl (C=O) groups excluding carboxylic acids is 1. The number of nitrogens with zero attached hydrogens (tertiary/aromatic N) is 1. The highest BCUT2D eigenvalue weighted by Gasteiger charge is 2.11. The molecule has 0 spiro atoms. The van der Waals surface area contributed by atoms with Crippen LogP contribution >= 0.6 is 0 Å². The van der Waals surface area contributed by atoms with Crippen LogP contribution in [0.2, 0.25) is 0 Å². The van der Waals surface area contributed by atoms with E-state index in [1.165, 1.54) is 6.20 Å². The lowest BCUT2D eigenvalue weighted by molar-refractivity contribution is 0.0940. The molecule has 27 heavy (non-hydrogen) atoms. The van der Waals surface area contributed by atoms with Crippen molar-refractivity contribution in [2.75, 3.05) is 6.61 Å². The lowest BCUT2D eigenvalue weighted by atomic mass is 10.1. The number of carbonyl (C=O) groups is 1. The molecule has 0 saturated heterocycles. The molecule has 0 aliphatic rings. The van der Waals surface area contributed by atoms with E-state index in [-0.39, 0.29) is 11.9 Å². The minimum Gasteiger partial charge on any atom is -0.494 e. The fourth-order valence-electron chi connectivity index (χ4n) is 2.54. The molecule has 1 unspecified atom stereocenters. The molecule has 1 atom stereocenters. The first kappa shape index (κ1) is 18.3. The number of aromatic nitrogens is 2. The summed E-state index contributed by atoms with van der Waals surface area (Å²) < 4.78 is 5.43. The van der Waals surface area contributed by atoms with E-state index < -0.39 is 0 Å². The molecule has 0 aliphatic carbocycles. The fourth-order valence-corrected chi connectivity index (χ4v) is 2.54. The monoisotopic (exact) mass is 359 g/mol. The van der Waals surface area contributed by atoms with Gasteiger partial charge in [-0.1, -0.05) is 24.0 Å². The Morgan fingerprint density at radius 2 is 1.74 bits per heavy atom. The number of hydrogen-bond donors (Lipinski definition) is 2. The number of benzene rings is 2. The molecule has 1 aromatic heterocycles. The second kappa shape index (κ2) is 8.72. The van der Waals surface area contributed by atoms with Crippen molar-refractivity contribution in [2.45, 2.75) is 19.9 Å². The van der Waals surface area contributed by atoms with Gasteiger partial charge in [-0.3, -0.25) is 9.89 Å². The first-order valence-electron chi connectivity index (χ1n) is 8.80. The van der Waals surface area contributed by atoms with Crippen LogP contribution in [0.5, 0.6) is 5.75 Å². The molecule has 1 amide bonds. The molecule has 2 N–H and O–H groups in total. The van der Waals surface area contributed by atoms with Crippen LogP contribution in [0.3, 0.4) is 0 Å². The number of ether oxygens (including phenoxy) is 1. The van der Waals surface area contributed by atoms with E-state index in [0.29, 0.717) is 12.2 Å². The predicted octanol–water partition coefficient (Wildman–Crippen LogP) is 3.70. The molecular formula is C22H21N3O2. The Hall–Kier alpha value is -3.52. The summed E-state index contributed by atoms with van der Waals surface area (Å²) in [4.78, 5) is 12.1. The summed E-state index contributed by atoms with van der Waals surface area (Å²) >= 11 is 0. The minimum atomic E-state index is -0.157. The van der Waals surface area contributed by atoms with Gasteiger partial charge in [-0.15, -0.1) is 0 Å². The van der Waals surface area contributed by atoms with Crippen LogP contribution in [0, 0.1) is 11.8 Å². The number of aromatic amines is 1. The summed E-state index contributed by atoms with van der Waals surface area (Å²) in [6, 6.07) is 15.5. The lowest BCUT2D eigenvalue weighted by Crippen LogP contribution is -2.26. The average Bonchev–Trinajstić information content (AvgIpc) is 3.23. The summed E-state index contributed by atoms with van der Waals surface area (Å²) in [5, 5.41) is 9.37. The van der Waals surface area contributed by atoms with Crippen molar-refractivity contribution < 1.29 is 9.53 Å². The van der Waals surface area contributed by atoms with Gasteiger partial charge in [-0.25, -0.2) is 0 Å². The normalized spacial score (nSPS) is 11.2. The highest BCUT2D eigenvalue weighted by atomic mass is 16.5. The third-order valence-electron chi connectivity index (χ3n) is 4.04. The zero-order valence-corrected chi connectivity index (χ0v) is 15.3. The van der Waals surface area contributed by atoms with E-state index in [1.807, 2.05) is 62.4 Å². The molecule has 2 aromatic carbocycles. The Bertz CT molecular complexity index is 934. The van der Waals surface area contributed by atoms with Gasteiger partial charge in [0.25, 0.3) is 5.91 Å². The van der Waals surface area contributed by atoms with Gasteiger partial charge in [-0.2, -0.15) is 5.10 Å². The van der Waals surface area contributed by atoms with Crippen LogP contribution in [-0.2, 0) is 0 Å². The van der Waals surface area contributed by atoms with Crippen molar-refractivity contribution >= 4 is 5.91 Å². The second-order valence-electron chi connectivity index (χ2n) is 6.01. The molecule has 0 fully saturated rings. The molecule has 0 bridgehead atoms. The van der Waals surface area contributed by atoms with Gasteiger partial charge in [0.2, 0.25) is 0 Å². The highest BCUT2D eigenvalue weighted by Crippen LogP contribution is 2.15. The third kappa shape index (κ3) is 4.99. The van der Waals surface area contributed by atoms with Crippen molar-refractivity contribution in [1.82, 2.24) is 15.5 Å². The van der Waals surface area contributed by atoms with Crippen LogP contribution in [0.15, 0.2) is 60.9 Å². The maximum absolute atomic E-state index is 12.1. The molecule has 1 heterocycles. The topological polar surface area (TPSA) is 67.0 Å². The molecule has 5 nitrogen and oxygen atoms in total. The van der Waals surface area contributed by atoms with Crippen LogP contribution in [0.25, 0.3) is 0 Å². The van der Waals surface area contributed by atoms with Crippen LogP contribution in [0.4, 0.5) is 0 Å². The zero-order chi connectivity index (χ0) is 19.1. The Balaban J connectivity index is 1.62. The van der Waals surface area contributed by atoms with E-state index in [2.05, 4.69) is 27.4 Å². The number of hydrogen-bond acceptors (Lipinski definition) is 3. The van der Waals surface area contributed by atoms with Crippen molar-refractivity contribution in [2.24, 2.45) is 0 Å². The number of H-pyrrole nitrogens is 1. The van der Waals surface area contributed by atoms with Gasteiger partial charge in [0.15, 0.2) is 0 Å². The number of nitrogens with one attached hydrogen (secondary N) is 2. The van der Waals surface area contributed by atoms with Crippen LogP contribution in [0.1, 0.15) is 46.9 Å². The third-order valence-corrected chi connectivity index (χ3v) is 4.04. The van der Waals surface area contributed by atoms with E-state index in [4.69, 9.17) is 4.74 Å². The van der Waals surface area contributed by atoms with Crippen molar-refractivity contribution in [3.05, 3.63) is 83.2 Å². The van der Waals surface area contributed by atoms with Gasteiger partial charge in [0.05, 0.1) is 24.4 Å². The minimum absolute atomic E-state index is 0.111. The predicted molar refractivity (Wildman–Crippen MR) is 105 cm³/mol. The Morgan fingerprint density at radius 1 is 1.11 bits per heavy atom.